The molecular weight excluding hydrogens is 244 g/mol. The maximum atomic E-state index is 11.4. The van der Waals surface area contributed by atoms with Gasteiger partial charge in [0.15, 0.2) is 0 Å². The molecule has 0 radical (unpaired) electrons. The molecule has 5 nitrogen and oxygen atoms in total. The Balaban J connectivity index is 1.92. The number of nitrogens with zero attached hydrogens (tertiary/aromatic N) is 1. The molecule has 0 aromatic carbocycles. The summed E-state index contributed by atoms with van der Waals surface area (Å²) in [4.78, 5) is 11.4. The normalized spacial score (nSPS) is 10.8. The highest BCUT2D eigenvalue weighted by molar-refractivity contribution is 4.93. The minimum atomic E-state index is 0.0517. The standard InChI is InChI=1S/C14H24N2O3/c1-18-12-13-19-11-5-3-7-15-8-10-16-9-4-2-6-14(16)17/h2,4,6,9,15H,3,5,7-8,10-13H2,1H3. The molecule has 108 valence electrons. The van der Waals surface area contributed by atoms with E-state index in [1.165, 1.54) is 0 Å². The fourth-order valence-electron chi connectivity index (χ4n) is 1.67. The van der Waals surface area contributed by atoms with E-state index < -0.39 is 0 Å². The van der Waals surface area contributed by atoms with E-state index in [1.807, 2.05) is 12.3 Å². The molecule has 0 atom stereocenters. The van der Waals surface area contributed by atoms with E-state index in [1.54, 1.807) is 23.8 Å². The van der Waals surface area contributed by atoms with E-state index in [4.69, 9.17) is 9.47 Å². The summed E-state index contributed by atoms with van der Waals surface area (Å²) in [5, 5.41) is 3.32. The van der Waals surface area contributed by atoms with Gasteiger partial charge in [-0.3, -0.25) is 4.79 Å². The van der Waals surface area contributed by atoms with Crippen molar-refractivity contribution in [3.8, 4) is 0 Å². The number of unbranched alkanes of at least 4 members (excludes halogenated alkanes) is 1. The van der Waals surface area contributed by atoms with Crippen LogP contribution in [0.5, 0.6) is 0 Å². The van der Waals surface area contributed by atoms with Crippen LogP contribution in [-0.4, -0.2) is 44.6 Å². The molecule has 0 amide bonds. The third-order valence-electron chi connectivity index (χ3n) is 2.75. The molecule has 1 rings (SSSR count). The third kappa shape index (κ3) is 7.77. The van der Waals surface area contributed by atoms with Crippen LogP contribution >= 0.6 is 0 Å². The van der Waals surface area contributed by atoms with Gasteiger partial charge in [-0.2, -0.15) is 0 Å². The molecular formula is C14H24N2O3. The molecule has 0 saturated heterocycles. The lowest BCUT2D eigenvalue weighted by atomic mass is 10.3. The predicted molar refractivity (Wildman–Crippen MR) is 75.5 cm³/mol. The summed E-state index contributed by atoms with van der Waals surface area (Å²) >= 11 is 0. The first kappa shape index (κ1) is 15.9. The largest absolute Gasteiger partial charge is 0.382 e. The van der Waals surface area contributed by atoms with Gasteiger partial charge < -0.3 is 19.4 Å². The molecule has 0 spiro atoms. The fraction of sp³-hybridized carbons (Fsp3) is 0.643. The summed E-state index contributed by atoms with van der Waals surface area (Å²) in [6, 6.07) is 5.21. The molecule has 1 N–H and O–H groups in total. The van der Waals surface area contributed by atoms with Crippen molar-refractivity contribution in [1.29, 1.82) is 0 Å². The minimum Gasteiger partial charge on any atom is -0.382 e. The topological polar surface area (TPSA) is 52.5 Å². The van der Waals surface area contributed by atoms with Crippen LogP contribution in [0.4, 0.5) is 0 Å². The summed E-state index contributed by atoms with van der Waals surface area (Å²) in [5.74, 6) is 0. The van der Waals surface area contributed by atoms with Crippen molar-refractivity contribution in [2.24, 2.45) is 0 Å². The average molecular weight is 268 g/mol. The van der Waals surface area contributed by atoms with Crippen molar-refractivity contribution in [2.75, 3.05) is 40.0 Å². The van der Waals surface area contributed by atoms with Gasteiger partial charge in [-0.25, -0.2) is 0 Å². The molecule has 19 heavy (non-hydrogen) atoms. The Morgan fingerprint density at radius 3 is 2.84 bits per heavy atom. The smallest absolute Gasteiger partial charge is 0.250 e. The van der Waals surface area contributed by atoms with Gasteiger partial charge >= 0.3 is 0 Å². The second-order valence-corrected chi connectivity index (χ2v) is 4.29. The summed E-state index contributed by atoms with van der Waals surface area (Å²) < 4.78 is 12.0. The second-order valence-electron chi connectivity index (χ2n) is 4.29. The van der Waals surface area contributed by atoms with Crippen LogP contribution in [0.1, 0.15) is 12.8 Å². The Bertz CT molecular complexity index is 379. The van der Waals surface area contributed by atoms with E-state index >= 15 is 0 Å². The van der Waals surface area contributed by atoms with Crippen LogP contribution in [0.15, 0.2) is 29.2 Å². The van der Waals surface area contributed by atoms with Gasteiger partial charge in [-0.15, -0.1) is 0 Å². The van der Waals surface area contributed by atoms with Gasteiger partial charge in [-0.05, 0) is 25.5 Å². The van der Waals surface area contributed by atoms with Crippen molar-refractivity contribution in [2.45, 2.75) is 19.4 Å². The van der Waals surface area contributed by atoms with Crippen LogP contribution in [0.3, 0.4) is 0 Å². The van der Waals surface area contributed by atoms with Crippen molar-refractivity contribution < 1.29 is 9.47 Å². The summed E-state index contributed by atoms with van der Waals surface area (Å²) in [7, 11) is 1.67. The predicted octanol–water partition coefficient (Wildman–Crippen LogP) is 0.881. The van der Waals surface area contributed by atoms with Gasteiger partial charge in [0.2, 0.25) is 0 Å². The Kier molecular flexibility index (Phi) is 8.97. The number of nitrogens with one attached hydrogen (secondary N) is 1. The molecule has 1 aromatic rings. The van der Waals surface area contributed by atoms with Crippen LogP contribution in [0.2, 0.25) is 0 Å². The highest BCUT2D eigenvalue weighted by atomic mass is 16.5. The number of hydrogen-bond acceptors (Lipinski definition) is 4. The van der Waals surface area contributed by atoms with Gasteiger partial charge in [0.1, 0.15) is 0 Å². The number of ether oxygens (including phenoxy) is 2. The van der Waals surface area contributed by atoms with Crippen molar-refractivity contribution in [3.63, 3.8) is 0 Å². The number of methoxy groups -OCH3 is 1. The Hall–Kier alpha value is -1.17. The molecule has 5 heteroatoms. The van der Waals surface area contributed by atoms with E-state index in [0.717, 1.165) is 32.5 Å². The van der Waals surface area contributed by atoms with E-state index in [0.29, 0.717) is 19.8 Å². The molecule has 1 heterocycles. The summed E-state index contributed by atoms with van der Waals surface area (Å²) in [6.07, 6.45) is 3.94. The molecule has 0 saturated carbocycles. The van der Waals surface area contributed by atoms with Gasteiger partial charge in [0, 0.05) is 39.1 Å². The Morgan fingerprint density at radius 1 is 1.16 bits per heavy atom. The van der Waals surface area contributed by atoms with E-state index in [2.05, 4.69) is 5.32 Å². The zero-order valence-electron chi connectivity index (χ0n) is 11.6. The number of pyridine rings is 1. The fourth-order valence-corrected chi connectivity index (χ4v) is 1.67. The maximum Gasteiger partial charge on any atom is 0.250 e. The van der Waals surface area contributed by atoms with Crippen molar-refractivity contribution in [3.05, 3.63) is 34.7 Å². The second kappa shape index (κ2) is 10.7. The number of rotatable bonds is 11. The minimum absolute atomic E-state index is 0.0517. The molecule has 0 aliphatic rings. The SMILES string of the molecule is COCCOCCCCNCCn1ccccc1=O. The Morgan fingerprint density at radius 2 is 2.05 bits per heavy atom. The van der Waals surface area contributed by atoms with E-state index in [9.17, 15) is 4.79 Å². The van der Waals surface area contributed by atoms with Crippen LogP contribution in [0.25, 0.3) is 0 Å². The molecule has 1 aromatic heterocycles. The number of hydrogen-bond donors (Lipinski definition) is 1. The summed E-state index contributed by atoms with van der Waals surface area (Å²) in [5.41, 5.74) is 0.0517. The molecule has 0 unspecified atom stereocenters. The third-order valence-corrected chi connectivity index (χ3v) is 2.75. The highest BCUT2D eigenvalue weighted by Crippen LogP contribution is 1.89. The van der Waals surface area contributed by atoms with Crippen LogP contribution in [-0.2, 0) is 16.0 Å². The van der Waals surface area contributed by atoms with Gasteiger partial charge in [0.25, 0.3) is 5.56 Å². The lowest BCUT2D eigenvalue weighted by Crippen LogP contribution is -2.26. The number of aromatic nitrogens is 1. The van der Waals surface area contributed by atoms with Gasteiger partial charge in [0.05, 0.1) is 13.2 Å². The molecule has 0 fully saturated rings. The zero-order valence-corrected chi connectivity index (χ0v) is 11.6. The average Bonchev–Trinajstić information content (AvgIpc) is 2.43. The van der Waals surface area contributed by atoms with Crippen LogP contribution < -0.4 is 10.9 Å². The molecule has 0 bridgehead atoms. The lowest BCUT2D eigenvalue weighted by molar-refractivity contribution is 0.0688. The highest BCUT2D eigenvalue weighted by Gasteiger charge is 1.94. The molecule has 0 aliphatic carbocycles. The maximum absolute atomic E-state index is 11.4. The first-order chi connectivity index (χ1) is 9.34. The quantitative estimate of drug-likeness (QED) is 0.605. The summed E-state index contributed by atoms with van der Waals surface area (Å²) in [6.45, 7) is 4.59. The van der Waals surface area contributed by atoms with E-state index in [-0.39, 0.29) is 5.56 Å². The first-order valence-electron chi connectivity index (χ1n) is 6.77. The van der Waals surface area contributed by atoms with Crippen molar-refractivity contribution >= 4 is 0 Å². The van der Waals surface area contributed by atoms with Crippen molar-refractivity contribution in [1.82, 2.24) is 9.88 Å². The monoisotopic (exact) mass is 268 g/mol. The Labute approximate surface area is 114 Å². The van der Waals surface area contributed by atoms with Crippen LogP contribution in [0, 0.1) is 0 Å². The molecule has 0 aliphatic heterocycles. The zero-order chi connectivity index (χ0) is 13.8. The lowest BCUT2D eigenvalue weighted by Gasteiger charge is -2.07. The van der Waals surface area contributed by atoms with Gasteiger partial charge in [-0.1, -0.05) is 6.07 Å². The first-order valence-corrected chi connectivity index (χ1v) is 6.77.